The lowest BCUT2D eigenvalue weighted by Gasteiger charge is -2.33. The number of carbonyl (C=O) groups is 2. The molecule has 0 unspecified atom stereocenters. The Morgan fingerprint density at radius 1 is 0.976 bits per heavy atom. The van der Waals surface area contributed by atoms with Crippen molar-refractivity contribution in [3.63, 3.8) is 0 Å². The zero-order chi connectivity index (χ0) is 30.3. The molecule has 1 aliphatic carbocycles. The van der Waals surface area contributed by atoms with Crippen molar-refractivity contribution in [1.29, 1.82) is 0 Å². The summed E-state index contributed by atoms with van der Waals surface area (Å²) in [6.07, 6.45) is 4.18. The van der Waals surface area contributed by atoms with Crippen molar-refractivity contribution in [2.75, 3.05) is 10.8 Å². The molecule has 0 bridgehead atoms. The first-order chi connectivity index (χ1) is 20.1. The molecule has 0 spiro atoms. The van der Waals surface area contributed by atoms with Crippen molar-refractivity contribution in [2.24, 2.45) is 0 Å². The molecule has 10 nitrogen and oxygen atoms in total. The first-order valence-electron chi connectivity index (χ1n) is 14.1. The molecule has 1 atom stereocenters. The summed E-state index contributed by atoms with van der Waals surface area (Å²) >= 11 is 0. The summed E-state index contributed by atoms with van der Waals surface area (Å²) in [4.78, 5) is 39.7. The van der Waals surface area contributed by atoms with Crippen LogP contribution in [0.1, 0.15) is 50.2 Å². The van der Waals surface area contributed by atoms with Crippen LogP contribution in [0, 0.1) is 17.0 Å². The minimum Gasteiger partial charge on any atom is -0.352 e. The number of hydrogen-bond acceptors (Lipinski definition) is 6. The van der Waals surface area contributed by atoms with Crippen LogP contribution in [0.2, 0.25) is 0 Å². The van der Waals surface area contributed by atoms with Gasteiger partial charge in [-0.2, -0.15) is 0 Å². The molecule has 0 saturated heterocycles. The number of anilines is 1. The van der Waals surface area contributed by atoms with Gasteiger partial charge in [-0.3, -0.25) is 24.0 Å². The monoisotopic (exact) mass is 592 g/mol. The van der Waals surface area contributed by atoms with Gasteiger partial charge in [-0.15, -0.1) is 0 Å². The van der Waals surface area contributed by atoms with E-state index in [0.29, 0.717) is 6.42 Å². The fourth-order valence-corrected chi connectivity index (χ4v) is 6.60. The van der Waals surface area contributed by atoms with E-state index in [0.717, 1.165) is 41.1 Å². The van der Waals surface area contributed by atoms with E-state index in [9.17, 15) is 28.1 Å². The van der Waals surface area contributed by atoms with E-state index in [2.05, 4.69) is 5.32 Å². The largest absolute Gasteiger partial charge is 0.352 e. The standard InChI is InChI=1S/C31H36N4O6S/c1-3-29(31(37)32-25-9-7-8-10-25)33(21-24-15-13-23(2)14-16-24)30(36)22-34(26-17-19-27(20-18-26)35(38)39)42(40,41)28-11-5-4-6-12-28/h4-6,11-20,25,29H,3,7-10,21-22H2,1-2H3,(H,32,37)/t29-/m0/s1. The van der Waals surface area contributed by atoms with E-state index < -0.39 is 33.4 Å². The zero-order valence-corrected chi connectivity index (χ0v) is 24.6. The van der Waals surface area contributed by atoms with Gasteiger partial charge in [0.05, 0.1) is 15.5 Å². The maximum Gasteiger partial charge on any atom is 0.269 e. The van der Waals surface area contributed by atoms with Crippen molar-refractivity contribution in [3.05, 3.63) is 100 Å². The molecular weight excluding hydrogens is 556 g/mol. The number of sulfonamides is 1. The molecule has 1 saturated carbocycles. The number of amides is 2. The molecular formula is C31H36N4O6S. The molecule has 3 aromatic rings. The van der Waals surface area contributed by atoms with E-state index in [-0.39, 0.29) is 34.8 Å². The fourth-order valence-electron chi connectivity index (χ4n) is 5.17. The van der Waals surface area contributed by atoms with Crippen molar-refractivity contribution < 1.29 is 22.9 Å². The van der Waals surface area contributed by atoms with E-state index in [4.69, 9.17) is 0 Å². The van der Waals surface area contributed by atoms with Gasteiger partial charge in [-0.25, -0.2) is 8.42 Å². The third kappa shape index (κ3) is 7.33. The molecule has 42 heavy (non-hydrogen) atoms. The van der Waals surface area contributed by atoms with Crippen LogP contribution in [0.4, 0.5) is 11.4 Å². The van der Waals surface area contributed by atoms with Crippen LogP contribution in [0.15, 0.2) is 83.8 Å². The van der Waals surface area contributed by atoms with Gasteiger partial charge in [0.1, 0.15) is 12.6 Å². The van der Waals surface area contributed by atoms with Gasteiger partial charge < -0.3 is 10.2 Å². The highest BCUT2D eigenvalue weighted by atomic mass is 32.2. The van der Waals surface area contributed by atoms with Crippen molar-refractivity contribution in [2.45, 2.75) is 69.5 Å². The Balaban J connectivity index is 1.71. The average molecular weight is 593 g/mol. The normalized spacial score (nSPS) is 14.2. The molecule has 1 N–H and O–H groups in total. The Hall–Kier alpha value is -4.25. The third-order valence-electron chi connectivity index (χ3n) is 7.52. The van der Waals surface area contributed by atoms with Gasteiger partial charge in [-0.05, 0) is 56.0 Å². The fraction of sp³-hybridized carbons (Fsp3) is 0.355. The quantitative estimate of drug-likeness (QED) is 0.234. The predicted molar refractivity (Wildman–Crippen MR) is 160 cm³/mol. The van der Waals surface area contributed by atoms with E-state index in [1.54, 1.807) is 18.2 Å². The van der Waals surface area contributed by atoms with Gasteiger partial charge in [-0.1, -0.05) is 67.8 Å². The number of benzene rings is 3. The van der Waals surface area contributed by atoms with Crippen LogP contribution in [-0.4, -0.2) is 48.7 Å². The van der Waals surface area contributed by atoms with Crippen molar-refractivity contribution in [3.8, 4) is 0 Å². The summed E-state index contributed by atoms with van der Waals surface area (Å²) < 4.78 is 28.6. The number of hydrogen-bond donors (Lipinski definition) is 1. The van der Waals surface area contributed by atoms with Gasteiger partial charge in [0, 0.05) is 24.7 Å². The SMILES string of the molecule is CC[C@@H](C(=O)NC1CCCC1)N(Cc1ccc(C)cc1)C(=O)CN(c1ccc([N+](=O)[O-])cc1)S(=O)(=O)c1ccccc1. The lowest BCUT2D eigenvalue weighted by Crippen LogP contribution is -2.53. The second-order valence-corrected chi connectivity index (χ2v) is 12.4. The maximum atomic E-state index is 14.1. The number of nitrogens with zero attached hydrogens (tertiary/aromatic N) is 3. The average Bonchev–Trinajstić information content (AvgIpc) is 3.50. The zero-order valence-electron chi connectivity index (χ0n) is 23.8. The Morgan fingerprint density at radius 3 is 2.17 bits per heavy atom. The van der Waals surface area contributed by atoms with Crippen LogP contribution < -0.4 is 9.62 Å². The summed E-state index contributed by atoms with van der Waals surface area (Å²) in [5.41, 5.74) is 1.73. The Bertz CT molecular complexity index is 1490. The van der Waals surface area contributed by atoms with Crippen LogP contribution in [-0.2, 0) is 26.2 Å². The highest BCUT2D eigenvalue weighted by Crippen LogP contribution is 2.27. The van der Waals surface area contributed by atoms with Crippen LogP contribution in [0.5, 0.6) is 0 Å². The van der Waals surface area contributed by atoms with E-state index >= 15 is 0 Å². The molecule has 0 radical (unpaired) electrons. The van der Waals surface area contributed by atoms with Crippen LogP contribution in [0.25, 0.3) is 0 Å². The summed E-state index contributed by atoms with van der Waals surface area (Å²) in [6, 6.07) is 19.5. The Labute approximate surface area is 246 Å². The number of rotatable bonds is 12. The summed E-state index contributed by atoms with van der Waals surface area (Å²) in [5, 5.41) is 14.3. The van der Waals surface area contributed by atoms with Gasteiger partial charge in [0.25, 0.3) is 15.7 Å². The number of aryl methyl sites for hydroxylation is 1. The van der Waals surface area contributed by atoms with Gasteiger partial charge in [0.2, 0.25) is 11.8 Å². The summed E-state index contributed by atoms with van der Waals surface area (Å²) in [6.45, 7) is 3.28. The van der Waals surface area contributed by atoms with Crippen molar-refractivity contribution >= 4 is 33.2 Å². The van der Waals surface area contributed by atoms with E-state index in [1.165, 1.54) is 41.3 Å². The molecule has 222 valence electrons. The van der Waals surface area contributed by atoms with Gasteiger partial charge >= 0.3 is 0 Å². The van der Waals surface area contributed by atoms with Crippen LogP contribution >= 0.6 is 0 Å². The van der Waals surface area contributed by atoms with Crippen molar-refractivity contribution in [1.82, 2.24) is 10.2 Å². The highest BCUT2D eigenvalue weighted by Gasteiger charge is 2.34. The van der Waals surface area contributed by atoms with E-state index in [1.807, 2.05) is 38.1 Å². The predicted octanol–water partition coefficient (Wildman–Crippen LogP) is 4.96. The lowest BCUT2D eigenvalue weighted by atomic mass is 10.1. The molecule has 3 aromatic carbocycles. The topological polar surface area (TPSA) is 130 Å². The minimum atomic E-state index is -4.25. The summed E-state index contributed by atoms with van der Waals surface area (Å²) in [5.74, 6) is -0.834. The number of carbonyl (C=O) groups excluding carboxylic acids is 2. The lowest BCUT2D eigenvalue weighted by molar-refractivity contribution is -0.384. The molecule has 1 fully saturated rings. The Kier molecular flexibility index (Phi) is 9.95. The number of nitrogens with one attached hydrogen (secondary N) is 1. The minimum absolute atomic E-state index is 0.0349. The summed E-state index contributed by atoms with van der Waals surface area (Å²) in [7, 11) is -4.25. The number of non-ortho nitro benzene ring substituents is 1. The first kappa shape index (κ1) is 30.7. The second-order valence-electron chi connectivity index (χ2n) is 10.5. The highest BCUT2D eigenvalue weighted by molar-refractivity contribution is 7.92. The molecule has 0 heterocycles. The third-order valence-corrected chi connectivity index (χ3v) is 9.31. The number of nitro groups is 1. The molecule has 2 amide bonds. The maximum absolute atomic E-state index is 14.1. The molecule has 0 aliphatic heterocycles. The van der Waals surface area contributed by atoms with Gasteiger partial charge in [0.15, 0.2) is 0 Å². The smallest absolute Gasteiger partial charge is 0.269 e. The molecule has 11 heteroatoms. The second kappa shape index (κ2) is 13.6. The Morgan fingerprint density at radius 2 is 1.60 bits per heavy atom. The molecule has 4 rings (SSSR count). The first-order valence-corrected chi connectivity index (χ1v) is 15.5. The number of nitro benzene ring substituents is 1. The van der Waals surface area contributed by atoms with Crippen LogP contribution in [0.3, 0.4) is 0 Å². The molecule has 1 aliphatic rings. The molecule has 0 aromatic heterocycles.